The highest BCUT2D eigenvalue weighted by molar-refractivity contribution is 5.92. The van der Waals surface area contributed by atoms with Crippen molar-refractivity contribution in [1.82, 2.24) is 24.7 Å². The highest BCUT2D eigenvalue weighted by Crippen LogP contribution is 2.21. The molecule has 2 amide bonds. The van der Waals surface area contributed by atoms with E-state index in [-0.39, 0.29) is 17.7 Å². The van der Waals surface area contributed by atoms with Crippen molar-refractivity contribution in [2.45, 2.75) is 19.8 Å². The van der Waals surface area contributed by atoms with Crippen LogP contribution in [0.3, 0.4) is 0 Å². The van der Waals surface area contributed by atoms with Gasteiger partial charge in [-0.15, -0.1) is 0 Å². The molecule has 1 atom stereocenters. The monoisotopic (exact) mass is 331 g/mol. The lowest BCUT2D eigenvalue weighted by Crippen LogP contribution is -2.53. The van der Waals surface area contributed by atoms with Crippen molar-refractivity contribution in [3.05, 3.63) is 24.3 Å². The van der Waals surface area contributed by atoms with Gasteiger partial charge in [0.15, 0.2) is 0 Å². The van der Waals surface area contributed by atoms with Crippen molar-refractivity contribution in [1.29, 1.82) is 0 Å². The Kier molecular flexibility index (Phi) is 5.40. The van der Waals surface area contributed by atoms with Gasteiger partial charge in [0, 0.05) is 51.7 Å². The Bertz CT molecular complexity index is 572. The molecule has 0 bridgehead atoms. The molecule has 24 heavy (non-hydrogen) atoms. The molecule has 0 spiro atoms. The number of hydrogen-bond donors (Lipinski definition) is 0. The summed E-state index contributed by atoms with van der Waals surface area (Å²) in [6.45, 7) is 7.82. The zero-order valence-electron chi connectivity index (χ0n) is 14.2. The van der Waals surface area contributed by atoms with Crippen molar-refractivity contribution in [3.8, 4) is 0 Å². The maximum Gasteiger partial charge on any atom is 0.274 e. The second-order valence-corrected chi connectivity index (χ2v) is 6.44. The highest BCUT2D eigenvalue weighted by atomic mass is 16.2. The van der Waals surface area contributed by atoms with Crippen molar-refractivity contribution in [3.63, 3.8) is 0 Å². The molecule has 0 saturated carbocycles. The van der Waals surface area contributed by atoms with Crippen LogP contribution in [-0.2, 0) is 4.79 Å². The Morgan fingerprint density at radius 3 is 2.58 bits per heavy atom. The van der Waals surface area contributed by atoms with Gasteiger partial charge in [-0.2, -0.15) is 0 Å². The summed E-state index contributed by atoms with van der Waals surface area (Å²) in [5.74, 6) is -0.0219. The van der Waals surface area contributed by atoms with Gasteiger partial charge in [0.2, 0.25) is 5.91 Å². The van der Waals surface area contributed by atoms with E-state index in [2.05, 4.69) is 21.8 Å². The van der Waals surface area contributed by atoms with Crippen molar-refractivity contribution < 1.29 is 9.59 Å². The third kappa shape index (κ3) is 3.72. The Hall–Kier alpha value is -2.02. The first-order chi connectivity index (χ1) is 11.7. The van der Waals surface area contributed by atoms with E-state index < -0.39 is 0 Å². The van der Waals surface area contributed by atoms with Crippen LogP contribution in [0.4, 0.5) is 0 Å². The zero-order valence-corrected chi connectivity index (χ0v) is 14.2. The molecule has 0 N–H and O–H groups in total. The molecule has 0 aromatic carbocycles. The Labute approximate surface area is 142 Å². The van der Waals surface area contributed by atoms with E-state index in [1.807, 2.05) is 4.90 Å². The van der Waals surface area contributed by atoms with E-state index in [1.165, 1.54) is 12.4 Å². The van der Waals surface area contributed by atoms with Crippen molar-refractivity contribution in [2.75, 3.05) is 45.8 Å². The standard InChI is InChI=1S/C17H25N5O2/c1-2-20-8-10-21(11-9-20)16(23)14-4-3-7-22(13-14)17(24)15-12-18-5-6-19-15/h5-6,12,14H,2-4,7-11,13H2,1H3/t14-/m0/s1. The smallest absolute Gasteiger partial charge is 0.274 e. The fourth-order valence-corrected chi connectivity index (χ4v) is 3.48. The summed E-state index contributed by atoms with van der Waals surface area (Å²) in [6.07, 6.45) is 6.27. The molecule has 1 aromatic heterocycles. The molecule has 2 fully saturated rings. The SMILES string of the molecule is CCN1CCN(C(=O)[C@H]2CCCN(C(=O)c3cnccn3)C2)CC1. The van der Waals surface area contributed by atoms with E-state index in [4.69, 9.17) is 0 Å². The molecule has 2 aliphatic heterocycles. The third-order valence-corrected chi connectivity index (χ3v) is 4.97. The summed E-state index contributed by atoms with van der Waals surface area (Å²) in [4.78, 5) is 39.4. The first kappa shape index (κ1) is 16.8. The molecule has 130 valence electrons. The second kappa shape index (κ2) is 7.70. The van der Waals surface area contributed by atoms with Crippen LogP contribution in [0.5, 0.6) is 0 Å². The van der Waals surface area contributed by atoms with Crippen LogP contribution in [0.15, 0.2) is 18.6 Å². The normalized spacial score (nSPS) is 22.5. The molecule has 0 aliphatic carbocycles. The van der Waals surface area contributed by atoms with Gasteiger partial charge in [-0.25, -0.2) is 4.98 Å². The van der Waals surface area contributed by atoms with Crippen LogP contribution in [-0.4, -0.2) is 82.3 Å². The van der Waals surface area contributed by atoms with E-state index in [9.17, 15) is 9.59 Å². The summed E-state index contributed by atoms with van der Waals surface area (Å²) in [7, 11) is 0. The first-order valence-electron chi connectivity index (χ1n) is 8.75. The van der Waals surface area contributed by atoms with Crippen LogP contribution in [0.2, 0.25) is 0 Å². The molecule has 0 radical (unpaired) electrons. The predicted molar refractivity (Wildman–Crippen MR) is 89.4 cm³/mol. The number of hydrogen-bond acceptors (Lipinski definition) is 5. The number of piperazine rings is 1. The lowest BCUT2D eigenvalue weighted by molar-refractivity contribution is -0.138. The van der Waals surface area contributed by atoms with Gasteiger partial charge < -0.3 is 14.7 Å². The number of amides is 2. The molecular weight excluding hydrogens is 306 g/mol. The highest BCUT2D eigenvalue weighted by Gasteiger charge is 2.33. The summed E-state index contributed by atoms with van der Waals surface area (Å²) in [5.41, 5.74) is 0.349. The van der Waals surface area contributed by atoms with Gasteiger partial charge in [-0.1, -0.05) is 6.92 Å². The fraction of sp³-hybridized carbons (Fsp3) is 0.647. The summed E-state index contributed by atoms with van der Waals surface area (Å²) in [6, 6.07) is 0. The largest absolute Gasteiger partial charge is 0.340 e. The predicted octanol–water partition coefficient (Wildman–Crippen LogP) is 0.493. The van der Waals surface area contributed by atoms with Gasteiger partial charge in [-0.3, -0.25) is 14.6 Å². The summed E-state index contributed by atoms with van der Waals surface area (Å²) < 4.78 is 0. The average Bonchev–Trinajstić information content (AvgIpc) is 2.67. The van der Waals surface area contributed by atoms with E-state index in [1.54, 1.807) is 11.1 Å². The molecule has 1 aromatic rings. The fourth-order valence-electron chi connectivity index (χ4n) is 3.48. The number of likely N-dealkylation sites (N-methyl/N-ethyl adjacent to an activating group) is 1. The Balaban J connectivity index is 1.59. The maximum atomic E-state index is 12.8. The Morgan fingerprint density at radius 2 is 1.92 bits per heavy atom. The Morgan fingerprint density at radius 1 is 1.12 bits per heavy atom. The number of rotatable bonds is 3. The minimum atomic E-state index is -0.128. The molecule has 2 aliphatic rings. The van der Waals surface area contributed by atoms with Gasteiger partial charge in [0.05, 0.1) is 12.1 Å². The minimum Gasteiger partial charge on any atom is -0.340 e. The van der Waals surface area contributed by atoms with Crippen LogP contribution < -0.4 is 0 Å². The van der Waals surface area contributed by atoms with Crippen molar-refractivity contribution >= 4 is 11.8 Å². The van der Waals surface area contributed by atoms with E-state index >= 15 is 0 Å². The molecule has 7 nitrogen and oxygen atoms in total. The molecular formula is C17H25N5O2. The molecule has 3 heterocycles. The van der Waals surface area contributed by atoms with E-state index in [0.29, 0.717) is 18.8 Å². The lowest BCUT2D eigenvalue weighted by atomic mass is 9.96. The topological polar surface area (TPSA) is 69.6 Å². The number of carbonyl (C=O) groups is 2. The molecule has 7 heteroatoms. The number of likely N-dealkylation sites (tertiary alicyclic amines) is 1. The number of nitrogens with zero attached hydrogens (tertiary/aromatic N) is 5. The van der Waals surface area contributed by atoms with Crippen molar-refractivity contribution in [2.24, 2.45) is 5.92 Å². The quantitative estimate of drug-likeness (QED) is 0.806. The van der Waals surface area contributed by atoms with Crippen LogP contribution >= 0.6 is 0 Å². The van der Waals surface area contributed by atoms with Gasteiger partial charge in [-0.05, 0) is 19.4 Å². The van der Waals surface area contributed by atoms with Gasteiger partial charge in [0.1, 0.15) is 5.69 Å². The third-order valence-electron chi connectivity index (χ3n) is 4.97. The first-order valence-corrected chi connectivity index (χ1v) is 8.75. The van der Waals surface area contributed by atoms with Gasteiger partial charge >= 0.3 is 0 Å². The van der Waals surface area contributed by atoms with Crippen LogP contribution in [0.25, 0.3) is 0 Å². The average molecular weight is 331 g/mol. The van der Waals surface area contributed by atoms with Crippen LogP contribution in [0, 0.1) is 5.92 Å². The lowest BCUT2D eigenvalue weighted by Gasteiger charge is -2.38. The molecule has 3 rings (SSSR count). The number of carbonyl (C=O) groups excluding carboxylic acids is 2. The minimum absolute atomic E-state index is 0.0902. The second-order valence-electron chi connectivity index (χ2n) is 6.44. The number of aromatic nitrogens is 2. The van der Waals surface area contributed by atoms with Gasteiger partial charge in [0.25, 0.3) is 5.91 Å². The molecule has 0 unspecified atom stereocenters. The maximum absolute atomic E-state index is 12.8. The van der Waals surface area contributed by atoms with Crippen LogP contribution in [0.1, 0.15) is 30.3 Å². The molecule has 2 saturated heterocycles. The zero-order chi connectivity index (χ0) is 16.9. The van der Waals surface area contributed by atoms with E-state index in [0.717, 1.165) is 45.6 Å². The number of piperidine rings is 1. The summed E-state index contributed by atoms with van der Waals surface area (Å²) in [5, 5.41) is 0. The summed E-state index contributed by atoms with van der Waals surface area (Å²) >= 11 is 0.